The number of nitrogens with zero attached hydrogens (tertiary/aromatic N) is 1. The van der Waals surface area contributed by atoms with E-state index in [1.165, 1.54) is 24.3 Å². The molecule has 0 aliphatic carbocycles. The summed E-state index contributed by atoms with van der Waals surface area (Å²) >= 11 is 1.48. The van der Waals surface area contributed by atoms with E-state index in [1.54, 1.807) is 13.8 Å². The van der Waals surface area contributed by atoms with Crippen LogP contribution in [0.25, 0.3) is 0 Å². The Morgan fingerprint density at radius 3 is 2.23 bits per heavy atom. The van der Waals surface area contributed by atoms with Crippen LogP contribution in [-0.2, 0) is 30.4 Å². The van der Waals surface area contributed by atoms with Crippen molar-refractivity contribution in [3.63, 3.8) is 0 Å². The second-order valence-electron chi connectivity index (χ2n) is 8.10. The highest BCUT2D eigenvalue weighted by atomic mass is 32.2. The minimum absolute atomic E-state index is 0.0780. The number of rotatable bonds is 16. The van der Waals surface area contributed by atoms with E-state index in [1.807, 2.05) is 6.26 Å². The van der Waals surface area contributed by atoms with Crippen molar-refractivity contribution < 1.29 is 34.2 Å². The predicted octanol–water partition coefficient (Wildman–Crippen LogP) is -0.908. The van der Waals surface area contributed by atoms with Gasteiger partial charge in [-0.05, 0) is 24.3 Å². The summed E-state index contributed by atoms with van der Waals surface area (Å²) in [4.78, 5) is 67.9. The van der Waals surface area contributed by atoms with Crippen LogP contribution >= 0.6 is 11.8 Å². The van der Waals surface area contributed by atoms with Gasteiger partial charge in [0.2, 0.25) is 17.7 Å². The maximum Gasteiger partial charge on any atom is 0.326 e. The van der Waals surface area contributed by atoms with Crippen LogP contribution in [0.5, 0.6) is 0 Å². The fourth-order valence-electron chi connectivity index (χ4n) is 3.07. The van der Waals surface area contributed by atoms with Gasteiger partial charge in [-0.1, -0.05) is 20.3 Å². The maximum absolute atomic E-state index is 13.0. The van der Waals surface area contributed by atoms with Crippen molar-refractivity contribution in [3.8, 4) is 0 Å². The normalized spacial score (nSPS) is 15.2. The van der Waals surface area contributed by atoms with Crippen molar-refractivity contribution >= 4 is 41.4 Å². The molecule has 0 fully saturated rings. The quantitative estimate of drug-likeness (QED) is 0.144. The molecule has 3 amide bonds. The number of carbonyl (C=O) groups is 5. The Balaban J connectivity index is 3.07. The number of thioether (sulfide) groups is 1. The molecule has 0 spiro atoms. The summed E-state index contributed by atoms with van der Waals surface area (Å²) in [6.07, 6.45) is 4.63. The fraction of sp³-hybridized carbons (Fsp3) is 0.619. The molecule has 0 saturated heterocycles. The Hall–Kier alpha value is -3.13. The van der Waals surface area contributed by atoms with Crippen molar-refractivity contribution in [2.75, 3.05) is 12.0 Å². The lowest BCUT2D eigenvalue weighted by molar-refractivity contribution is -0.144. The van der Waals surface area contributed by atoms with Crippen LogP contribution in [0.4, 0.5) is 0 Å². The summed E-state index contributed by atoms with van der Waals surface area (Å²) in [5.41, 5.74) is 6.28. The molecule has 196 valence electrons. The lowest BCUT2D eigenvalue weighted by Gasteiger charge is -2.26. The zero-order valence-corrected chi connectivity index (χ0v) is 20.8. The van der Waals surface area contributed by atoms with E-state index in [9.17, 15) is 34.2 Å². The molecule has 0 aromatic carbocycles. The Labute approximate surface area is 207 Å². The molecule has 14 heteroatoms. The Morgan fingerprint density at radius 2 is 1.71 bits per heavy atom. The smallest absolute Gasteiger partial charge is 0.326 e. The summed E-state index contributed by atoms with van der Waals surface area (Å²) < 4.78 is 0. The second kappa shape index (κ2) is 15.0. The SMILES string of the molecule is CCC(C)C(NC(=O)C(Cc1cnc[nH]1)NC(=O)C(CC(=O)O)NC(=O)C(N)CCSC)C(=O)O. The van der Waals surface area contributed by atoms with Gasteiger partial charge in [0.1, 0.15) is 18.1 Å². The van der Waals surface area contributed by atoms with E-state index in [0.29, 0.717) is 24.3 Å². The van der Waals surface area contributed by atoms with Crippen molar-refractivity contribution in [1.82, 2.24) is 25.9 Å². The maximum atomic E-state index is 13.0. The lowest BCUT2D eigenvalue weighted by Crippen LogP contribution is -2.58. The molecule has 0 aliphatic rings. The van der Waals surface area contributed by atoms with Crippen LogP contribution in [0.1, 0.15) is 38.8 Å². The summed E-state index contributed by atoms with van der Waals surface area (Å²) in [5.74, 6) is -4.77. The molecular weight excluding hydrogens is 480 g/mol. The first-order valence-electron chi connectivity index (χ1n) is 11.1. The highest BCUT2D eigenvalue weighted by Crippen LogP contribution is 2.10. The van der Waals surface area contributed by atoms with Gasteiger partial charge in [-0.2, -0.15) is 11.8 Å². The first-order chi connectivity index (χ1) is 16.5. The molecule has 1 aromatic heterocycles. The van der Waals surface area contributed by atoms with Crippen LogP contribution in [0, 0.1) is 5.92 Å². The van der Waals surface area contributed by atoms with Crippen LogP contribution < -0.4 is 21.7 Å². The van der Waals surface area contributed by atoms with Gasteiger partial charge in [0, 0.05) is 18.3 Å². The van der Waals surface area contributed by atoms with Gasteiger partial charge >= 0.3 is 11.9 Å². The zero-order chi connectivity index (χ0) is 26.5. The predicted molar refractivity (Wildman–Crippen MR) is 128 cm³/mol. The number of aliphatic carboxylic acids is 2. The van der Waals surface area contributed by atoms with Gasteiger partial charge in [0.05, 0.1) is 18.8 Å². The molecule has 13 nitrogen and oxygen atoms in total. The van der Waals surface area contributed by atoms with Gasteiger partial charge in [-0.25, -0.2) is 9.78 Å². The third kappa shape index (κ3) is 10.3. The third-order valence-electron chi connectivity index (χ3n) is 5.37. The van der Waals surface area contributed by atoms with E-state index in [-0.39, 0.29) is 12.3 Å². The number of carboxylic acid groups (broad SMARTS) is 2. The number of H-pyrrole nitrogens is 1. The van der Waals surface area contributed by atoms with Crippen molar-refractivity contribution in [2.24, 2.45) is 11.7 Å². The highest BCUT2D eigenvalue weighted by molar-refractivity contribution is 7.98. The van der Waals surface area contributed by atoms with Gasteiger partial charge in [-0.3, -0.25) is 19.2 Å². The van der Waals surface area contributed by atoms with E-state index in [2.05, 4.69) is 25.9 Å². The summed E-state index contributed by atoms with van der Waals surface area (Å²) in [7, 11) is 0. The van der Waals surface area contributed by atoms with Crippen LogP contribution in [0.15, 0.2) is 12.5 Å². The average molecular weight is 515 g/mol. The summed E-state index contributed by atoms with van der Waals surface area (Å²) in [5, 5.41) is 25.9. The largest absolute Gasteiger partial charge is 0.481 e. The molecule has 0 radical (unpaired) electrons. The van der Waals surface area contributed by atoms with Crippen LogP contribution in [-0.4, -0.2) is 86.0 Å². The lowest BCUT2D eigenvalue weighted by atomic mass is 9.98. The first-order valence-corrected chi connectivity index (χ1v) is 12.5. The average Bonchev–Trinajstić information content (AvgIpc) is 3.31. The summed E-state index contributed by atoms with van der Waals surface area (Å²) in [6.45, 7) is 3.44. The first kappa shape index (κ1) is 29.9. The van der Waals surface area contributed by atoms with Crippen LogP contribution in [0.3, 0.4) is 0 Å². The van der Waals surface area contributed by atoms with Crippen molar-refractivity contribution in [2.45, 2.75) is 63.7 Å². The van der Waals surface area contributed by atoms with E-state index in [0.717, 1.165) is 0 Å². The Kier molecular flexibility index (Phi) is 12.8. The molecule has 5 atom stereocenters. The number of nitrogens with two attached hydrogens (primary N) is 1. The number of imidazole rings is 1. The van der Waals surface area contributed by atoms with Crippen LogP contribution in [0.2, 0.25) is 0 Å². The number of amides is 3. The standard InChI is InChI=1S/C21H34N6O7S/c1-4-11(2)17(21(33)34)27-20(32)14(7-12-9-23-10-24-12)26-19(31)15(8-16(28)29)25-18(30)13(22)5-6-35-3/h9-11,13-15,17H,4-8,22H2,1-3H3,(H,23,24)(H,25,30)(H,26,31)(H,27,32)(H,28,29)(H,33,34). The molecule has 0 saturated carbocycles. The topological polar surface area (TPSA) is 217 Å². The van der Waals surface area contributed by atoms with Crippen molar-refractivity contribution in [1.29, 1.82) is 0 Å². The number of nitrogens with one attached hydrogen (secondary N) is 4. The third-order valence-corrected chi connectivity index (χ3v) is 6.01. The zero-order valence-electron chi connectivity index (χ0n) is 19.9. The molecule has 1 rings (SSSR count). The van der Waals surface area contributed by atoms with Crippen molar-refractivity contribution in [3.05, 3.63) is 18.2 Å². The second-order valence-corrected chi connectivity index (χ2v) is 9.08. The molecular formula is C21H34N6O7S. The highest BCUT2D eigenvalue weighted by Gasteiger charge is 2.33. The molecule has 1 heterocycles. The Bertz CT molecular complexity index is 866. The summed E-state index contributed by atoms with van der Waals surface area (Å²) in [6, 6.07) is -4.91. The number of aromatic nitrogens is 2. The molecule has 0 aliphatic heterocycles. The monoisotopic (exact) mass is 514 g/mol. The Morgan fingerprint density at radius 1 is 1.09 bits per heavy atom. The molecule has 35 heavy (non-hydrogen) atoms. The van der Waals surface area contributed by atoms with Gasteiger partial charge in [0.25, 0.3) is 0 Å². The van der Waals surface area contributed by atoms with E-state index in [4.69, 9.17) is 5.73 Å². The van der Waals surface area contributed by atoms with E-state index < -0.39 is 60.2 Å². The van der Waals surface area contributed by atoms with Gasteiger partial charge in [-0.15, -0.1) is 0 Å². The molecule has 5 unspecified atom stereocenters. The number of hydrogen-bond acceptors (Lipinski definition) is 8. The molecule has 8 N–H and O–H groups in total. The molecule has 1 aromatic rings. The van der Waals surface area contributed by atoms with Gasteiger partial charge in [0.15, 0.2) is 0 Å². The number of hydrogen-bond donors (Lipinski definition) is 7. The number of aromatic amines is 1. The fourth-order valence-corrected chi connectivity index (χ4v) is 3.56. The number of carboxylic acids is 2. The molecule has 0 bridgehead atoms. The number of carbonyl (C=O) groups excluding carboxylic acids is 3. The van der Waals surface area contributed by atoms with Gasteiger partial charge < -0.3 is 36.9 Å². The minimum Gasteiger partial charge on any atom is -0.481 e. The minimum atomic E-state index is -1.50. The van der Waals surface area contributed by atoms with E-state index >= 15 is 0 Å².